The number of carbonyl (C=O) groups excluding carboxylic acids is 1. The van der Waals surface area contributed by atoms with Crippen LogP contribution in [-0.4, -0.2) is 11.3 Å². The minimum Gasteiger partial charge on any atom is -0.507 e. The number of phenols is 1. The summed E-state index contributed by atoms with van der Waals surface area (Å²) < 4.78 is 10.2. The number of aromatic hydroxyl groups is 1. The average molecular weight is 306 g/mol. The third-order valence-electron chi connectivity index (χ3n) is 3.21. The van der Waals surface area contributed by atoms with Gasteiger partial charge in [-0.15, -0.1) is 0 Å². The first kappa shape index (κ1) is 14.7. The first-order valence-corrected chi connectivity index (χ1v) is 7.05. The van der Waals surface area contributed by atoms with E-state index in [2.05, 4.69) is 0 Å². The third-order valence-corrected chi connectivity index (χ3v) is 3.21. The summed E-state index contributed by atoms with van der Waals surface area (Å²) in [5.74, 6) is 0.984. The van der Waals surface area contributed by atoms with Crippen LogP contribution in [0.4, 0.5) is 4.79 Å². The van der Waals surface area contributed by atoms with Gasteiger partial charge in [0.25, 0.3) is 0 Å². The molecule has 0 atom stereocenters. The molecule has 4 nitrogen and oxygen atoms in total. The summed E-state index contributed by atoms with van der Waals surface area (Å²) in [6.07, 6.45) is -0.800. The van der Waals surface area contributed by atoms with Crippen LogP contribution in [0.5, 0.6) is 17.2 Å². The van der Waals surface area contributed by atoms with Crippen molar-refractivity contribution in [2.75, 3.05) is 0 Å². The summed E-state index contributed by atoms with van der Waals surface area (Å²) in [7, 11) is 0. The van der Waals surface area contributed by atoms with Crippen LogP contribution >= 0.6 is 0 Å². The molecule has 0 unspecified atom stereocenters. The van der Waals surface area contributed by atoms with E-state index >= 15 is 0 Å². The molecule has 0 saturated carbocycles. The Bertz CT molecular complexity index is 795. The number of phenolic OH excluding ortho intramolecular Hbond substituents is 1. The number of hydrogen-bond donors (Lipinski definition) is 1. The Balaban J connectivity index is 1.68. The lowest BCUT2D eigenvalue weighted by molar-refractivity contribution is 0.152. The van der Waals surface area contributed by atoms with Gasteiger partial charge in [0, 0.05) is 5.56 Å². The van der Waals surface area contributed by atoms with Crippen molar-refractivity contribution in [1.82, 2.24) is 0 Å². The lowest BCUT2D eigenvalue weighted by Crippen LogP contribution is -2.13. The van der Waals surface area contributed by atoms with E-state index in [1.54, 1.807) is 60.7 Å². The number of rotatable bonds is 3. The van der Waals surface area contributed by atoms with Gasteiger partial charge in [-0.25, -0.2) is 4.79 Å². The van der Waals surface area contributed by atoms with Gasteiger partial charge in [0.1, 0.15) is 17.2 Å². The second-order valence-electron chi connectivity index (χ2n) is 4.81. The molecule has 0 radical (unpaired) electrons. The van der Waals surface area contributed by atoms with Gasteiger partial charge in [-0.2, -0.15) is 0 Å². The van der Waals surface area contributed by atoms with Gasteiger partial charge >= 0.3 is 6.16 Å². The van der Waals surface area contributed by atoms with Crippen molar-refractivity contribution < 1.29 is 19.4 Å². The predicted molar refractivity (Wildman–Crippen MR) is 86.6 cm³/mol. The lowest BCUT2D eigenvalue weighted by atomic mass is 10.0. The van der Waals surface area contributed by atoms with Gasteiger partial charge in [-0.05, 0) is 35.9 Å². The quantitative estimate of drug-likeness (QED) is 0.566. The Morgan fingerprint density at radius 2 is 1.26 bits per heavy atom. The molecule has 3 rings (SSSR count). The van der Waals surface area contributed by atoms with Crippen LogP contribution in [0.25, 0.3) is 11.1 Å². The Kier molecular flexibility index (Phi) is 4.25. The summed E-state index contributed by atoms with van der Waals surface area (Å²) >= 11 is 0. The van der Waals surface area contributed by atoms with Crippen LogP contribution in [0.1, 0.15) is 0 Å². The summed E-state index contributed by atoms with van der Waals surface area (Å²) in [5.41, 5.74) is 1.54. The number of para-hydroxylation sites is 2. The first-order chi connectivity index (χ1) is 11.2. The molecular formula is C19H14O4. The Hall–Kier alpha value is -3.27. The average Bonchev–Trinajstić information content (AvgIpc) is 2.57. The Morgan fingerprint density at radius 3 is 1.91 bits per heavy atom. The largest absolute Gasteiger partial charge is 0.519 e. The van der Waals surface area contributed by atoms with Crippen molar-refractivity contribution in [3.05, 3.63) is 78.9 Å². The monoisotopic (exact) mass is 306 g/mol. The van der Waals surface area contributed by atoms with Gasteiger partial charge in [0.05, 0.1) is 0 Å². The fraction of sp³-hybridized carbons (Fsp3) is 0. The number of carbonyl (C=O) groups is 1. The van der Waals surface area contributed by atoms with E-state index in [4.69, 9.17) is 9.47 Å². The SMILES string of the molecule is O=C(Oc1ccccc1)Oc1ccc(-c2ccccc2O)cc1. The molecule has 0 amide bonds. The maximum Gasteiger partial charge on any atom is 0.519 e. The molecule has 0 aliphatic carbocycles. The standard InChI is InChI=1S/C19H14O4/c20-18-9-5-4-8-17(18)14-10-12-16(13-11-14)23-19(21)22-15-6-2-1-3-7-15/h1-13,20H. The van der Waals surface area contributed by atoms with Gasteiger partial charge < -0.3 is 14.6 Å². The molecule has 0 aliphatic rings. The highest BCUT2D eigenvalue weighted by molar-refractivity contribution is 5.71. The molecular weight excluding hydrogens is 292 g/mol. The van der Waals surface area contributed by atoms with Gasteiger partial charge in [0.15, 0.2) is 0 Å². The van der Waals surface area contributed by atoms with Crippen molar-refractivity contribution >= 4 is 6.16 Å². The Morgan fingerprint density at radius 1 is 0.696 bits per heavy atom. The molecule has 114 valence electrons. The summed E-state index contributed by atoms with van der Waals surface area (Å²) in [6.45, 7) is 0. The van der Waals surface area contributed by atoms with E-state index < -0.39 is 6.16 Å². The highest BCUT2D eigenvalue weighted by Crippen LogP contribution is 2.29. The molecule has 0 aromatic heterocycles. The normalized spacial score (nSPS) is 10.1. The molecule has 0 spiro atoms. The van der Waals surface area contributed by atoms with Crippen molar-refractivity contribution in [3.63, 3.8) is 0 Å². The number of benzene rings is 3. The first-order valence-electron chi connectivity index (χ1n) is 7.05. The van der Waals surface area contributed by atoms with E-state index in [0.29, 0.717) is 17.1 Å². The molecule has 4 heteroatoms. The highest BCUT2D eigenvalue weighted by Gasteiger charge is 2.08. The second kappa shape index (κ2) is 6.66. The van der Waals surface area contributed by atoms with Crippen LogP contribution in [0.2, 0.25) is 0 Å². The topological polar surface area (TPSA) is 55.8 Å². The Labute approximate surface area is 133 Å². The molecule has 0 saturated heterocycles. The van der Waals surface area contributed by atoms with Crippen LogP contribution in [0.3, 0.4) is 0 Å². The van der Waals surface area contributed by atoms with Crippen molar-refractivity contribution in [1.29, 1.82) is 0 Å². The fourth-order valence-electron chi connectivity index (χ4n) is 2.12. The molecule has 3 aromatic rings. The molecule has 0 aliphatic heterocycles. The maximum atomic E-state index is 11.7. The lowest BCUT2D eigenvalue weighted by Gasteiger charge is -2.07. The number of hydrogen-bond acceptors (Lipinski definition) is 4. The summed E-state index contributed by atoms with van der Waals surface area (Å²) in [5, 5.41) is 9.84. The van der Waals surface area contributed by atoms with Crippen molar-refractivity contribution in [3.8, 4) is 28.4 Å². The van der Waals surface area contributed by atoms with Crippen molar-refractivity contribution in [2.45, 2.75) is 0 Å². The van der Waals surface area contributed by atoms with Crippen molar-refractivity contribution in [2.24, 2.45) is 0 Å². The van der Waals surface area contributed by atoms with Gasteiger partial charge in [0.2, 0.25) is 0 Å². The molecule has 0 fully saturated rings. The van der Waals surface area contributed by atoms with Crippen LogP contribution in [0, 0.1) is 0 Å². The van der Waals surface area contributed by atoms with E-state index in [1.807, 2.05) is 18.2 Å². The smallest absolute Gasteiger partial charge is 0.507 e. The summed E-state index contributed by atoms with van der Waals surface area (Å²) in [4.78, 5) is 11.7. The highest BCUT2D eigenvalue weighted by atomic mass is 16.7. The summed E-state index contributed by atoms with van der Waals surface area (Å²) in [6, 6.07) is 22.6. The molecule has 23 heavy (non-hydrogen) atoms. The van der Waals surface area contributed by atoms with Gasteiger partial charge in [-0.1, -0.05) is 48.5 Å². The van der Waals surface area contributed by atoms with Gasteiger partial charge in [-0.3, -0.25) is 0 Å². The van der Waals surface area contributed by atoms with E-state index in [0.717, 1.165) is 5.56 Å². The minimum absolute atomic E-state index is 0.199. The van der Waals surface area contributed by atoms with E-state index in [1.165, 1.54) is 0 Å². The second-order valence-corrected chi connectivity index (χ2v) is 4.81. The van der Waals surface area contributed by atoms with Crippen LogP contribution in [-0.2, 0) is 0 Å². The maximum absolute atomic E-state index is 11.7. The molecule has 0 heterocycles. The molecule has 3 aromatic carbocycles. The zero-order valence-corrected chi connectivity index (χ0v) is 12.2. The third kappa shape index (κ3) is 3.68. The zero-order chi connectivity index (χ0) is 16.1. The minimum atomic E-state index is -0.800. The molecule has 1 N–H and O–H groups in total. The van der Waals surface area contributed by atoms with E-state index in [9.17, 15) is 9.90 Å². The fourth-order valence-corrected chi connectivity index (χ4v) is 2.12. The predicted octanol–water partition coefficient (Wildman–Crippen LogP) is 4.64. The van der Waals surface area contributed by atoms with Crippen LogP contribution < -0.4 is 9.47 Å². The molecule has 0 bridgehead atoms. The number of ether oxygens (including phenoxy) is 2. The van der Waals surface area contributed by atoms with Crippen LogP contribution in [0.15, 0.2) is 78.9 Å². The van der Waals surface area contributed by atoms with E-state index in [-0.39, 0.29) is 5.75 Å². The zero-order valence-electron chi connectivity index (χ0n) is 12.2.